The Labute approximate surface area is 336 Å². The van der Waals surface area contributed by atoms with E-state index in [2.05, 4.69) is 195 Å². The highest BCUT2D eigenvalue weighted by Crippen LogP contribution is 2.52. The van der Waals surface area contributed by atoms with Crippen LogP contribution < -0.4 is 4.90 Å². The van der Waals surface area contributed by atoms with Crippen molar-refractivity contribution in [1.82, 2.24) is 0 Å². The van der Waals surface area contributed by atoms with Gasteiger partial charge in [0, 0.05) is 43.9 Å². The summed E-state index contributed by atoms with van der Waals surface area (Å²) < 4.78 is 13.1. The first kappa shape index (κ1) is 32.8. The van der Waals surface area contributed by atoms with E-state index in [-0.39, 0.29) is 5.41 Å². The van der Waals surface area contributed by atoms with Gasteiger partial charge in [-0.3, -0.25) is 0 Å². The fraction of sp³-hybridized carbons (Fsp3) is 0.0545. The average Bonchev–Trinajstić information content (AvgIpc) is 3.93. The minimum absolute atomic E-state index is 0.0544. The van der Waals surface area contributed by atoms with Crippen molar-refractivity contribution in [2.45, 2.75) is 19.3 Å². The van der Waals surface area contributed by atoms with Gasteiger partial charge < -0.3 is 13.7 Å². The Kier molecular flexibility index (Phi) is 6.98. The van der Waals surface area contributed by atoms with E-state index in [9.17, 15) is 0 Å². The number of para-hydroxylation sites is 2. The maximum Gasteiger partial charge on any atom is 0.143 e. The molecule has 12 rings (SSSR count). The molecule has 0 aliphatic heterocycles. The molecule has 0 atom stereocenters. The van der Waals surface area contributed by atoms with Crippen molar-refractivity contribution in [2.24, 2.45) is 0 Å². The monoisotopic (exact) mass is 743 g/mol. The van der Waals surface area contributed by atoms with E-state index >= 15 is 0 Å². The lowest BCUT2D eigenvalue weighted by atomic mass is 9.82. The Balaban J connectivity index is 1.00. The summed E-state index contributed by atoms with van der Waals surface area (Å²) in [6, 6.07) is 67.6. The minimum atomic E-state index is -0.0544. The van der Waals surface area contributed by atoms with Crippen molar-refractivity contribution in [3.63, 3.8) is 0 Å². The van der Waals surface area contributed by atoms with Gasteiger partial charge in [0.2, 0.25) is 0 Å². The van der Waals surface area contributed by atoms with Crippen molar-refractivity contribution >= 4 is 71.7 Å². The largest absolute Gasteiger partial charge is 0.456 e. The number of benzene rings is 9. The van der Waals surface area contributed by atoms with Crippen LogP contribution in [0.5, 0.6) is 0 Å². The molecule has 9 aromatic carbocycles. The molecule has 3 heteroatoms. The molecule has 0 unspecified atom stereocenters. The highest BCUT2D eigenvalue weighted by atomic mass is 16.3. The molecule has 3 nitrogen and oxygen atoms in total. The predicted molar refractivity (Wildman–Crippen MR) is 242 cm³/mol. The van der Waals surface area contributed by atoms with Crippen LogP contribution in [0.3, 0.4) is 0 Å². The molecule has 0 amide bonds. The fourth-order valence-corrected chi connectivity index (χ4v) is 9.70. The molecule has 0 saturated heterocycles. The van der Waals surface area contributed by atoms with Gasteiger partial charge in [-0.15, -0.1) is 0 Å². The van der Waals surface area contributed by atoms with E-state index in [1.165, 1.54) is 38.8 Å². The van der Waals surface area contributed by atoms with Crippen LogP contribution in [0, 0.1) is 0 Å². The second-order valence-corrected chi connectivity index (χ2v) is 16.0. The van der Waals surface area contributed by atoms with Crippen molar-refractivity contribution in [1.29, 1.82) is 0 Å². The van der Waals surface area contributed by atoms with Crippen LogP contribution in [-0.4, -0.2) is 0 Å². The Morgan fingerprint density at radius 3 is 1.81 bits per heavy atom. The predicted octanol–water partition coefficient (Wildman–Crippen LogP) is 15.7. The first-order chi connectivity index (χ1) is 28.5. The summed E-state index contributed by atoms with van der Waals surface area (Å²) in [6.07, 6.45) is 0. The van der Waals surface area contributed by atoms with Crippen LogP contribution in [0.15, 0.2) is 197 Å². The second kappa shape index (κ2) is 12.3. The molecule has 1 aliphatic carbocycles. The zero-order valence-corrected chi connectivity index (χ0v) is 32.2. The maximum absolute atomic E-state index is 6.73. The molecule has 0 bridgehead atoms. The van der Waals surface area contributed by atoms with E-state index in [0.29, 0.717) is 0 Å². The topological polar surface area (TPSA) is 29.5 Å². The summed E-state index contributed by atoms with van der Waals surface area (Å²) >= 11 is 0. The molecule has 11 aromatic rings. The molecule has 0 fully saturated rings. The summed E-state index contributed by atoms with van der Waals surface area (Å²) in [5.41, 5.74) is 16.7. The Morgan fingerprint density at radius 1 is 0.397 bits per heavy atom. The summed E-state index contributed by atoms with van der Waals surface area (Å²) in [5, 5.41) is 6.75. The fourth-order valence-electron chi connectivity index (χ4n) is 9.70. The van der Waals surface area contributed by atoms with Crippen molar-refractivity contribution < 1.29 is 8.83 Å². The molecule has 2 aromatic heterocycles. The molecule has 274 valence electrons. The van der Waals surface area contributed by atoms with Crippen LogP contribution >= 0.6 is 0 Å². The van der Waals surface area contributed by atoms with Gasteiger partial charge >= 0.3 is 0 Å². The third-order valence-corrected chi connectivity index (χ3v) is 12.5. The van der Waals surface area contributed by atoms with Crippen LogP contribution in [0.25, 0.3) is 88.0 Å². The van der Waals surface area contributed by atoms with Gasteiger partial charge in [0.15, 0.2) is 0 Å². The zero-order valence-electron chi connectivity index (χ0n) is 32.2. The molecule has 0 saturated carbocycles. The normalized spacial score (nSPS) is 13.1. The second-order valence-electron chi connectivity index (χ2n) is 16.0. The molecule has 1 aliphatic rings. The molecule has 58 heavy (non-hydrogen) atoms. The van der Waals surface area contributed by atoms with Gasteiger partial charge in [-0.2, -0.15) is 0 Å². The van der Waals surface area contributed by atoms with Gasteiger partial charge in [0.25, 0.3) is 0 Å². The van der Waals surface area contributed by atoms with Gasteiger partial charge in [-0.05, 0) is 92.9 Å². The van der Waals surface area contributed by atoms with Crippen LogP contribution in [0.4, 0.5) is 17.1 Å². The SMILES string of the molecule is CC1(C)c2ccccc2-c2c(-c3ccc(N(c4ccc(-c5cccc6c5oc5c7ccccc7ccc65)cc4)c4cccc5oc6ccccc6c45)cc3)cccc21. The quantitative estimate of drug-likeness (QED) is 0.176. The Hall–Kier alpha value is -7.36. The molecule has 2 heterocycles. The van der Waals surface area contributed by atoms with Crippen LogP contribution in [-0.2, 0) is 5.41 Å². The van der Waals surface area contributed by atoms with Crippen molar-refractivity contribution in [2.75, 3.05) is 4.90 Å². The van der Waals surface area contributed by atoms with Crippen molar-refractivity contribution in [3.05, 3.63) is 199 Å². The number of rotatable bonds is 5. The summed E-state index contributed by atoms with van der Waals surface area (Å²) in [6.45, 7) is 4.68. The number of hydrogen-bond donors (Lipinski definition) is 0. The zero-order chi connectivity index (χ0) is 38.5. The molecule has 0 radical (unpaired) electrons. The molecular formula is C55H37NO2. The highest BCUT2D eigenvalue weighted by Gasteiger charge is 2.36. The smallest absolute Gasteiger partial charge is 0.143 e. The molecule has 0 spiro atoms. The number of hydrogen-bond acceptors (Lipinski definition) is 3. The van der Waals surface area contributed by atoms with E-state index in [1.54, 1.807) is 0 Å². The van der Waals surface area contributed by atoms with Crippen LogP contribution in [0.1, 0.15) is 25.0 Å². The van der Waals surface area contributed by atoms with E-state index in [1.807, 2.05) is 12.1 Å². The number of furan rings is 2. The number of anilines is 3. The van der Waals surface area contributed by atoms with Crippen molar-refractivity contribution in [3.8, 4) is 33.4 Å². The van der Waals surface area contributed by atoms with E-state index in [0.717, 1.165) is 77.5 Å². The first-order valence-electron chi connectivity index (χ1n) is 20.0. The van der Waals surface area contributed by atoms with E-state index in [4.69, 9.17) is 8.83 Å². The third-order valence-electron chi connectivity index (χ3n) is 12.5. The number of fused-ring (bicyclic) bond motifs is 11. The molecule has 0 N–H and O–H groups in total. The summed E-state index contributed by atoms with van der Waals surface area (Å²) in [4.78, 5) is 2.36. The Morgan fingerprint density at radius 2 is 0.983 bits per heavy atom. The van der Waals surface area contributed by atoms with Gasteiger partial charge in [0.1, 0.15) is 22.3 Å². The Bertz CT molecular complexity index is 3420. The summed E-state index contributed by atoms with van der Waals surface area (Å²) in [7, 11) is 0. The molecular weight excluding hydrogens is 707 g/mol. The lowest BCUT2D eigenvalue weighted by Crippen LogP contribution is -2.14. The third kappa shape index (κ3) is 4.74. The first-order valence-corrected chi connectivity index (χ1v) is 20.0. The minimum Gasteiger partial charge on any atom is -0.456 e. The lowest BCUT2D eigenvalue weighted by Gasteiger charge is -2.27. The van der Waals surface area contributed by atoms with E-state index < -0.39 is 0 Å². The average molecular weight is 744 g/mol. The summed E-state index contributed by atoms with van der Waals surface area (Å²) in [5.74, 6) is 0. The van der Waals surface area contributed by atoms with Gasteiger partial charge in [0.05, 0.1) is 11.1 Å². The lowest BCUT2D eigenvalue weighted by molar-refractivity contribution is 0.660. The van der Waals surface area contributed by atoms with Crippen LogP contribution in [0.2, 0.25) is 0 Å². The highest BCUT2D eigenvalue weighted by molar-refractivity contribution is 6.17. The maximum atomic E-state index is 6.73. The standard InChI is InChI=1S/C55H37NO2/c1-55(2)46-19-7-5-14-44(46)51-39(16-10-20-47(51)55)35-24-29-37(30-25-35)56(48-21-11-23-50-52(48)45-15-6-8-22-49(45)57-50)38-31-26-36(27-32-38)41-17-9-18-42-43-33-28-34-12-3-4-13-40(34)54(43)58-53(41)42/h3-33H,1-2H3. The number of nitrogens with zero attached hydrogens (tertiary/aromatic N) is 1. The van der Waals surface area contributed by atoms with Gasteiger partial charge in [-0.1, -0.05) is 153 Å². The van der Waals surface area contributed by atoms with Gasteiger partial charge in [-0.25, -0.2) is 0 Å².